The van der Waals surface area contributed by atoms with Gasteiger partial charge in [-0.25, -0.2) is 9.97 Å². The number of fused-ring (bicyclic) bond motifs is 2. The van der Waals surface area contributed by atoms with Gasteiger partial charge in [0.25, 0.3) is 0 Å². The number of esters is 1. The van der Waals surface area contributed by atoms with E-state index >= 15 is 0 Å². The van der Waals surface area contributed by atoms with Gasteiger partial charge in [-0.15, -0.1) is 0 Å². The lowest BCUT2D eigenvalue weighted by molar-refractivity contribution is -0.155. The molecule has 0 aliphatic rings. The molecule has 0 unspecified atom stereocenters. The summed E-state index contributed by atoms with van der Waals surface area (Å²) in [4.78, 5) is 46.2. The van der Waals surface area contributed by atoms with Gasteiger partial charge in [0.15, 0.2) is 11.6 Å². The fourth-order valence-corrected chi connectivity index (χ4v) is 7.69. The number of rotatable bonds is 16. The van der Waals surface area contributed by atoms with Gasteiger partial charge < -0.3 is 23.7 Å². The molecule has 8 rings (SSSR count). The number of aromatic amines is 1. The summed E-state index contributed by atoms with van der Waals surface area (Å²) in [5.41, 5.74) is 6.66. The number of ketones is 2. The Balaban J connectivity index is 0.000000238. The number of imidazole rings is 2. The number of hydrogen-bond donors (Lipinski definition) is 1. The molecule has 8 aromatic rings. The van der Waals surface area contributed by atoms with Crippen LogP contribution in [0.3, 0.4) is 0 Å². The van der Waals surface area contributed by atoms with Gasteiger partial charge in [-0.05, 0) is 80.4 Å². The molecule has 0 bridgehead atoms. The van der Waals surface area contributed by atoms with Crippen LogP contribution in [-0.2, 0) is 16.1 Å². The normalized spacial score (nSPS) is 11.6. The van der Waals surface area contributed by atoms with Crippen molar-refractivity contribution in [2.24, 2.45) is 0 Å². The van der Waals surface area contributed by atoms with E-state index in [0.29, 0.717) is 33.8 Å². The van der Waals surface area contributed by atoms with Gasteiger partial charge in [0.05, 0.1) is 77.5 Å². The van der Waals surface area contributed by atoms with Crippen molar-refractivity contribution in [3.63, 3.8) is 0 Å². The van der Waals surface area contributed by atoms with E-state index in [9.17, 15) is 40.7 Å². The summed E-state index contributed by atoms with van der Waals surface area (Å²) >= 11 is 0. The lowest BCUT2D eigenvalue weighted by Crippen LogP contribution is -2.26. The van der Waals surface area contributed by atoms with E-state index < -0.39 is 61.2 Å². The molecule has 0 aliphatic carbocycles. The first-order chi connectivity index (χ1) is 35.1. The number of ether oxygens (including phenoxy) is 5. The number of Topliss-reactive ketones (excluding diaryl/α,β-unsaturated/α-hetero) is 2. The molecule has 0 amide bonds. The minimum Gasteiger partial charge on any atom is -0.496 e. The molecule has 388 valence electrons. The quantitative estimate of drug-likeness (QED) is 0.0411. The molecule has 0 spiro atoms. The number of pyridine rings is 2. The zero-order chi connectivity index (χ0) is 54.1. The number of H-pyrrole nitrogens is 1. The van der Waals surface area contributed by atoms with Crippen molar-refractivity contribution in [1.82, 2.24) is 38.7 Å². The van der Waals surface area contributed by atoms with E-state index in [1.807, 2.05) is 39.3 Å². The Hall–Kier alpha value is -8.75. The number of benzene rings is 2. The zero-order valence-electron chi connectivity index (χ0n) is 40.8. The largest absolute Gasteiger partial charge is 0.496 e. The van der Waals surface area contributed by atoms with Crippen molar-refractivity contribution in [3.05, 3.63) is 109 Å². The van der Waals surface area contributed by atoms with E-state index in [2.05, 4.69) is 25.3 Å². The number of nitrogens with one attached hydrogen (secondary N) is 1. The number of alkyl halides is 6. The SMILES string of the molecule is COc1cc(-c2cnc3cc(-c4cn[nH]c4)ccn23)cc(OC)c1C(=O)CCC(F)(F)F.COc1cc(-c2cnc3cc(-c4cnn(CC(=O)OC(C)(C)C)c4)ccn23)cc(OC)c1C(=O)CCC(F)(F)F.N#N. The van der Waals surface area contributed by atoms with Crippen molar-refractivity contribution in [2.45, 2.75) is 71.0 Å². The van der Waals surface area contributed by atoms with Gasteiger partial charge in [-0.2, -0.15) is 36.5 Å². The van der Waals surface area contributed by atoms with Gasteiger partial charge in [0.1, 0.15) is 57.6 Å². The summed E-state index contributed by atoms with van der Waals surface area (Å²) in [7, 11) is 5.38. The molecule has 18 nitrogen and oxygen atoms in total. The van der Waals surface area contributed by atoms with Crippen molar-refractivity contribution in [3.8, 4) is 67.8 Å². The third-order valence-electron chi connectivity index (χ3n) is 11.0. The van der Waals surface area contributed by atoms with Crippen molar-refractivity contribution < 1.29 is 64.4 Å². The molecule has 0 fully saturated rings. The second-order valence-electron chi connectivity index (χ2n) is 17.2. The van der Waals surface area contributed by atoms with Crippen LogP contribution < -0.4 is 18.9 Å². The van der Waals surface area contributed by atoms with E-state index in [1.165, 1.54) is 33.1 Å². The van der Waals surface area contributed by atoms with Crippen LogP contribution >= 0.6 is 0 Å². The summed E-state index contributed by atoms with van der Waals surface area (Å²) in [5, 5.41) is 23.0. The number of halogens is 6. The van der Waals surface area contributed by atoms with Crippen LogP contribution in [0.4, 0.5) is 26.3 Å². The maximum atomic E-state index is 12.7. The highest BCUT2D eigenvalue weighted by Crippen LogP contribution is 2.39. The second-order valence-corrected chi connectivity index (χ2v) is 17.2. The minimum absolute atomic E-state index is 0.0148. The highest BCUT2D eigenvalue weighted by Gasteiger charge is 2.32. The molecule has 6 aromatic heterocycles. The van der Waals surface area contributed by atoms with E-state index in [-0.39, 0.29) is 40.7 Å². The Bertz CT molecular complexity index is 3250. The Kier molecular flexibility index (Phi) is 16.8. The van der Waals surface area contributed by atoms with Crippen LogP contribution in [0.1, 0.15) is 67.2 Å². The van der Waals surface area contributed by atoms with Crippen LogP contribution in [-0.4, -0.2) is 103 Å². The summed E-state index contributed by atoms with van der Waals surface area (Å²) < 4.78 is 108. The highest BCUT2D eigenvalue weighted by molar-refractivity contribution is 6.03. The highest BCUT2D eigenvalue weighted by atomic mass is 19.4. The van der Waals surface area contributed by atoms with Crippen LogP contribution in [0.2, 0.25) is 0 Å². The number of nitrogens with zero attached hydrogens (tertiary/aromatic N) is 9. The molecular formula is C50H48F6N10O8. The first-order valence-corrected chi connectivity index (χ1v) is 22.2. The van der Waals surface area contributed by atoms with Gasteiger partial charge in [-0.1, -0.05) is 0 Å². The molecule has 0 saturated heterocycles. The third-order valence-corrected chi connectivity index (χ3v) is 11.0. The van der Waals surface area contributed by atoms with Gasteiger partial charge in [0, 0.05) is 70.7 Å². The average molecular weight is 1030 g/mol. The van der Waals surface area contributed by atoms with Gasteiger partial charge in [0.2, 0.25) is 0 Å². The van der Waals surface area contributed by atoms with E-state index in [1.54, 1.807) is 88.4 Å². The maximum Gasteiger partial charge on any atom is 0.389 e. The van der Waals surface area contributed by atoms with Gasteiger partial charge in [-0.3, -0.25) is 33.0 Å². The van der Waals surface area contributed by atoms with Crippen molar-refractivity contribution in [1.29, 1.82) is 10.8 Å². The summed E-state index contributed by atoms with van der Waals surface area (Å²) in [6.45, 7) is 5.37. The van der Waals surface area contributed by atoms with Crippen LogP contribution in [0, 0.1) is 10.8 Å². The molecule has 2 aromatic carbocycles. The molecule has 1 N–H and O–H groups in total. The maximum absolute atomic E-state index is 12.7. The molecule has 0 aliphatic heterocycles. The molecule has 24 heteroatoms. The summed E-state index contributed by atoms with van der Waals surface area (Å²) in [6.07, 6.45) is 1.06. The molecule has 74 heavy (non-hydrogen) atoms. The van der Waals surface area contributed by atoms with E-state index in [4.69, 9.17) is 34.5 Å². The fraction of sp³-hybridized carbons (Fsp3) is 0.300. The fourth-order valence-electron chi connectivity index (χ4n) is 7.69. The molecule has 0 atom stereocenters. The molecule has 0 radical (unpaired) electrons. The lowest BCUT2D eigenvalue weighted by Gasteiger charge is -2.19. The Morgan fingerprint density at radius 2 is 1.03 bits per heavy atom. The summed E-state index contributed by atoms with van der Waals surface area (Å²) in [6, 6.07) is 13.8. The van der Waals surface area contributed by atoms with Crippen LogP contribution in [0.25, 0.3) is 56.1 Å². The predicted molar refractivity (Wildman–Crippen MR) is 255 cm³/mol. The molecule has 6 heterocycles. The molecule has 0 saturated carbocycles. The molecular weight excluding hydrogens is 983 g/mol. The third kappa shape index (κ3) is 13.2. The lowest BCUT2D eigenvalue weighted by atomic mass is 10.0. The monoisotopic (exact) mass is 1030 g/mol. The van der Waals surface area contributed by atoms with Crippen molar-refractivity contribution >= 4 is 28.8 Å². The number of hydrogen-bond acceptors (Lipinski definition) is 14. The van der Waals surface area contributed by atoms with Crippen LogP contribution in [0.5, 0.6) is 23.0 Å². The Labute approximate surface area is 418 Å². The first kappa shape index (κ1) is 54.6. The zero-order valence-corrected chi connectivity index (χ0v) is 40.8. The number of aromatic nitrogens is 8. The predicted octanol–water partition coefficient (Wildman–Crippen LogP) is 10.7. The topological polar surface area (TPSA) is 226 Å². The van der Waals surface area contributed by atoms with E-state index in [0.717, 1.165) is 22.3 Å². The smallest absolute Gasteiger partial charge is 0.389 e. The average Bonchev–Trinajstić information content (AvgIpc) is 4.21. The standard InChI is InChI=1S/C28H29F3N4O5.C22H19F3N4O3.N2/c1-27(2,3)40-25(37)16-34-15-19(13-33-34)17-7-9-35-20(14-32-24(35)12-17)18-10-22(38-4)26(23(11-18)39-5)21(36)6-8-28(29,30)31;1-31-18-7-14(8-19(32-2)21(18)17(30)3-5-22(23,24)25)16-12-26-20-9-13(4-6-29(16)20)15-10-27-28-11-15;1-2/h7,9-15H,6,8,16H2,1-5H3;4,6-12H,3,5H2,1-2H3,(H,27,28);. The summed E-state index contributed by atoms with van der Waals surface area (Å²) in [5.74, 6) is -1.35. The number of carbonyl (C=O) groups is 3. The number of methoxy groups -OCH3 is 4. The Morgan fingerprint density at radius 1 is 0.595 bits per heavy atom. The van der Waals surface area contributed by atoms with Crippen LogP contribution in [0.15, 0.2) is 98.1 Å². The van der Waals surface area contributed by atoms with Crippen molar-refractivity contribution in [2.75, 3.05) is 28.4 Å². The minimum atomic E-state index is -4.46. The first-order valence-electron chi connectivity index (χ1n) is 22.2. The Morgan fingerprint density at radius 3 is 1.41 bits per heavy atom. The number of carbonyl (C=O) groups excluding carboxylic acids is 3. The second kappa shape index (κ2) is 22.8. The van der Waals surface area contributed by atoms with Gasteiger partial charge >= 0.3 is 18.3 Å².